The van der Waals surface area contributed by atoms with Crippen LogP contribution in [-0.2, 0) is 12.6 Å². The monoisotopic (exact) mass is 534 g/mol. The number of alkyl halides is 3. The zero-order valence-electron chi connectivity index (χ0n) is 19.2. The molecule has 3 aromatic rings. The predicted molar refractivity (Wildman–Crippen MR) is 120 cm³/mol. The van der Waals surface area contributed by atoms with Gasteiger partial charge in [0.1, 0.15) is 17.1 Å². The van der Waals surface area contributed by atoms with Crippen LogP contribution in [0.2, 0.25) is 5.02 Å². The van der Waals surface area contributed by atoms with Crippen LogP contribution in [0.4, 0.5) is 27.6 Å². The fourth-order valence-electron chi connectivity index (χ4n) is 3.17. The van der Waals surface area contributed by atoms with Crippen LogP contribution in [0.15, 0.2) is 35.1 Å². The smallest absolute Gasteiger partial charge is 0.425 e. The first-order valence-electron chi connectivity index (χ1n) is 10.2. The molecule has 0 aliphatic carbocycles. The van der Waals surface area contributed by atoms with E-state index in [0.29, 0.717) is 11.6 Å². The van der Waals surface area contributed by atoms with Gasteiger partial charge in [-0.1, -0.05) is 17.7 Å². The van der Waals surface area contributed by atoms with Gasteiger partial charge in [-0.05, 0) is 45.0 Å². The molecule has 0 saturated carbocycles. The summed E-state index contributed by atoms with van der Waals surface area (Å²) in [6.45, 7) is 3.22. The predicted octanol–water partition coefficient (Wildman–Crippen LogP) is 4.31. The maximum Gasteiger partial charge on any atom is 0.425 e. The number of nitrogens with zero attached hydrogens (tertiary/aromatic N) is 3. The fourth-order valence-corrected chi connectivity index (χ4v) is 3.38. The Hall–Kier alpha value is -3.45. The second kappa shape index (κ2) is 9.54. The Morgan fingerprint density at radius 3 is 2.36 bits per heavy atom. The zero-order chi connectivity index (χ0) is 27.2. The Morgan fingerprint density at radius 1 is 1.19 bits per heavy atom. The average molecular weight is 535 g/mol. The molecule has 8 nitrogen and oxygen atoms in total. The minimum atomic E-state index is -4.94. The number of para-hydroxylation sites is 1. The third kappa shape index (κ3) is 5.21. The lowest BCUT2D eigenvalue weighted by molar-refractivity contribution is -0.189. The molecule has 0 unspecified atom stereocenters. The molecular weight excluding hydrogens is 515 g/mol. The SMILES string of the molecule is C[C@H](Oc1c(C(=O)Nc2c(F)cccc2Cl)ccc(-n2nc(C(C)(C)O)n(C)c2=O)c1F)C(F)(F)F. The number of aromatic nitrogens is 3. The fraction of sp³-hybridized carbons (Fsp3) is 0.318. The van der Waals surface area contributed by atoms with Crippen molar-refractivity contribution in [2.45, 2.75) is 38.7 Å². The normalized spacial score (nSPS) is 13.0. The molecule has 0 radical (unpaired) electrons. The molecule has 1 aromatic heterocycles. The minimum absolute atomic E-state index is 0.172. The van der Waals surface area contributed by atoms with Gasteiger partial charge in [-0.2, -0.15) is 17.9 Å². The number of hydrogen-bond acceptors (Lipinski definition) is 5. The quantitative estimate of drug-likeness (QED) is 0.459. The van der Waals surface area contributed by atoms with Gasteiger partial charge in [0.05, 0.1) is 16.3 Å². The number of anilines is 1. The Labute approximate surface area is 205 Å². The molecule has 2 N–H and O–H groups in total. The van der Waals surface area contributed by atoms with E-state index in [-0.39, 0.29) is 10.8 Å². The summed E-state index contributed by atoms with van der Waals surface area (Å²) in [5.41, 5.74) is -4.44. The number of hydrogen-bond donors (Lipinski definition) is 2. The van der Waals surface area contributed by atoms with Crippen molar-refractivity contribution in [1.29, 1.82) is 0 Å². The Balaban J connectivity index is 2.18. The van der Waals surface area contributed by atoms with Crippen LogP contribution in [0.25, 0.3) is 5.69 Å². The summed E-state index contributed by atoms with van der Waals surface area (Å²) in [5.74, 6) is -5.04. The lowest BCUT2D eigenvalue weighted by Crippen LogP contribution is -2.32. The van der Waals surface area contributed by atoms with Gasteiger partial charge in [0.2, 0.25) is 0 Å². The average Bonchev–Trinajstić information content (AvgIpc) is 3.06. The number of rotatable bonds is 6. The first-order valence-corrected chi connectivity index (χ1v) is 10.6. The number of benzene rings is 2. The van der Waals surface area contributed by atoms with Crippen LogP contribution in [-0.4, -0.2) is 37.6 Å². The summed E-state index contributed by atoms with van der Waals surface area (Å²) < 4.78 is 75.6. The summed E-state index contributed by atoms with van der Waals surface area (Å²) in [6, 6.07) is 5.27. The molecule has 1 atom stereocenters. The van der Waals surface area contributed by atoms with Crippen molar-refractivity contribution in [1.82, 2.24) is 14.3 Å². The molecule has 1 amide bonds. The highest BCUT2D eigenvalue weighted by Crippen LogP contribution is 2.34. The lowest BCUT2D eigenvalue weighted by Gasteiger charge is -2.21. The van der Waals surface area contributed by atoms with Crippen LogP contribution in [0, 0.1) is 11.6 Å². The van der Waals surface area contributed by atoms with Crippen molar-refractivity contribution in [3.8, 4) is 11.4 Å². The number of halogens is 6. The van der Waals surface area contributed by atoms with Crippen molar-refractivity contribution < 1.29 is 36.6 Å². The lowest BCUT2D eigenvalue weighted by atomic mass is 10.1. The molecule has 2 aromatic carbocycles. The van der Waals surface area contributed by atoms with Gasteiger partial charge in [0, 0.05) is 7.05 Å². The maximum absolute atomic E-state index is 15.6. The molecule has 14 heteroatoms. The molecule has 3 rings (SSSR count). The number of ether oxygens (including phenoxy) is 1. The number of carbonyl (C=O) groups excluding carboxylic acids is 1. The summed E-state index contributed by atoms with van der Waals surface area (Å²) in [5, 5.41) is 16.0. The van der Waals surface area contributed by atoms with E-state index in [1.807, 2.05) is 0 Å². The van der Waals surface area contributed by atoms with E-state index < -0.39 is 63.8 Å². The third-order valence-electron chi connectivity index (χ3n) is 5.03. The highest BCUT2D eigenvalue weighted by atomic mass is 35.5. The van der Waals surface area contributed by atoms with Crippen LogP contribution in [0.1, 0.15) is 37.0 Å². The van der Waals surface area contributed by atoms with E-state index in [1.54, 1.807) is 0 Å². The molecule has 0 aliphatic rings. The van der Waals surface area contributed by atoms with Gasteiger partial charge >= 0.3 is 11.9 Å². The summed E-state index contributed by atoms with van der Waals surface area (Å²) >= 11 is 5.87. The Morgan fingerprint density at radius 2 is 1.83 bits per heavy atom. The van der Waals surface area contributed by atoms with Crippen LogP contribution in [0.5, 0.6) is 5.75 Å². The van der Waals surface area contributed by atoms with Gasteiger partial charge in [-0.15, -0.1) is 5.10 Å². The molecule has 36 heavy (non-hydrogen) atoms. The molecule has 0 saturated heterocycles. The van der Waals surface area contributed by atoms with E-state index >= 15 is 4.39 Å². The van der Waals surface area contributed by atoms with E-state index in [1.165, 1.54) is 33.0 Å². The van der Waals surface area contributed by atoms with E-state index in [0.717, 1.165) is 22.8 Å². The molecule has 0 fully saturated rings. The Bertz CT molecular complexity index is 1360. The van der Waals surface area contributed by atoms with Gasteiger partial charge in [0.15, 0.2) is 23.5 Å². The summed E-state index contributed by atoms with van der Waals surface area (Å²) in [7, 11) is 1.25. The van der Waals surface area contributed by atoms with Crippen molar-refractivity contribution in [3.05, 3.63) is 68.9 Å². The topological polar surface area (TPSA) is 98.4 Å². The largest absolute Gasteiger partial charge is 0.477 e. The van der Waals surface area contributed by atoms with Gasteiger partial charge in [-0.25, -0.2) is 13.6 Å². The molecule has 0 spiro atoms. The van der Waals surface area contributed by atoms with Gasteiger partial charge in [-0.3, -0.25) is 9.36 Å². The first-order chi connectivity index (χ1) is 16.5. The van der Waals surface area contributed by atoms with E-state index in [9.17, 15) is 32.3 Å². The minimum Gasteiger partial charge on any atom is -0.477 e. The molecule has 194 valence electrons. The number of amides is 1. The first kappa shape index (κ1) is 27.1. The highest BCUT2D eigenvalue weighted by molar-refractivity contribution is 6.34. The van der Waals surface area contributed by atoms with Crippen molar-refractivity contribution >= 4 is 23.2 Å². The van der Waals surface area contributed by atoms with E-state index in [2.05, 4.69) is 10.4 Å². The number of carbonyl (C=O) groups is 1. The number of aliphatic hydroxyl groups is 1. The summed E-state index contributed by atoms with van der Waals surface area (Å²) in [6.07, 6.45) is -7.51. The zero-order valence-corrected chi connectivity index (χ0v) is 20.0. The third-order valence-corrected chi connectivity index (χ3v) is 5.35. The molecule has 0 aliphatic heterocycles. The second-order valence-corrected chi connectivity index (χ2v) is 8.67. The van der Waals surface area contributed by atoms with Gasteiger partial charge in [0.25, 0.3) is 5.91 Å². The van der Waals surface area contributed by atoms with Gasteiger partial charge < -0.3 is 15.2 Å². The van der Waals surface area contributed by atoms with Crippen molar-refractivity contribution in [2.75, 3.05) is 5.32 Å². The van der Waals surface area contributed by atoms with Crippen molar-refractivity contribution in [3.63, 3.8) is 0 Å². The van der Waals surface area contributed by atoms with E-state index in [4.69, 9.17) is 16.3 Å². The molecule has 1 heterocycles. The molecular formula is C22H20ClF5N4O4. The number of nitrogens with one attached hydrogen (secondary N) is 1. The van der Waals surface area contributed by atoms with Crippen LogP contribution in [0.3, 0.4) is 0 Å². The Kier molecular flexibility index (Phi) is 7.19. The summed E-state index contributed by atoms with van der Waals surface area (Å²) in [4.78, 5) is 25.5. The van der Waals surface area contributed by atoms with Crippen LogP contribution < -0.4 is 15.7 Å². The van der Waals surface area contributed by atoms with Crippen LogP contribution >= 0.6 is 11.6 Å². The van der Waals surface area contributed by atoms with Crippen molar-refractivity contribution in [2.24, 2.45) is 7.05 Å². The molecule has 0 bridgehead atoms. The highest BCUT2D eigenvalue weighted by Gasteiger charge is 2.40. The standard InChI is InChI=1S/C22H20ClF5N4O4/c1-10(22(26,27)28)36-17-11(18(33)29-16-12(23)6-5-7-13(16)24)8-9-14(15(17)25)32-20(34)31(4)19(30-32)21(2,3)35/h5-10,35H,1-4H3,(H,29,33)/t10-/m0/s1. The second-order valence-electron chi connectivity index (χ2n) is 8.26. The maximum atomic E-state index is 15.6.